The first-order valence-corrected chi connectivity index (χ1v) is 3.73. The Morgan fingerprint density at radius 2 is 2.27 bits per heavy atom. The van der Waals surface area contributed by atoms with Gasteiger partial charge in [0.05, 0.1) is 13.2 Å². The van der Waals surface area contributed by atoms with E-state index in [1.54, 1.807) is 0 Å². The molecule has 0 aromatic carbocycles. The van der Waals surface area contributed by atoms with E-state index >= 15 is 0 Å². The summed E-state index contributed by atoms with van der Waals surface area (Å²) in [5, 5.41) is 7.56. The highest BCUT2D eigenvalue weighted by molar-refractivity contribution is 5.98. The van der Waals surface area contributed by atoms with Crippen LogP contribution < -0.4 is 0 Å². The van der Waals surface area contributed by atoms with Gasteiger partial charge in [0, 0.05) is 38.0 Å². The molecule has 0 atom stereocenters. The van der Waals surface area contributed by atoms with E-state index in [0.29, 0.717) is 18.9 Å². The van der Waals surface area contributed by atoms with Gasteiger partial charge in [0.1, 0.15) is 0 Å². The third-order valence-electron chi connectivity index (χ3n) is 1.56. The zero-order valence-corrected chi connectivity index (χ0v) is 7.05. The van der Waals surface area contributed by atoms with Crippen molar-refractivity contribution in [2.24, 2.45) is 0 Å². The minimum absolute atomic E-state index is 0.594. The van der Waals surface area contributed by atoms with Crippen molar-refractivity contribution in [3.05, 3.63) is 11.8 Å². The van der Waals surface area contributed by atoms with Gasteiger partial charge >= 0.3 is 0 Å². The van der Waals surface area contributed by atoms with Gasteiger partial charge in [0.2, 0.25) is 0 Å². The van der Waals surface area contributed by atoms with Gasteiger partial charge in [-0.25, -0.2) is 0 Å². The summed E-state index contributed by atoms with van der Waals surface area (Å²) in [6.07, 6.45) is 2.70. The van der Waals surface area contributed by atoms with E-state index in [1.807, 2.05) is 25.2 Å². The van der Waals surface area contributed by atoms with Gasteiger partial charge in [-0.1, -0.05) is 0 Å². The van der Waals surface area contributed by atoms with Crippen LogP contribution in [0.5, 0.6) is 0 Å². The molecule has 0 aromatic heterocycles. The van der Waals surface area contributed by atoms with E-state index in [2.05, 4.69) is 0 Å². The first-order chi connectivity index (χ1) is 5.20. The molecule has 0 aromatic rings. The van der Waals surface area contributed by atoms with Crippen LogP contribution in [0.15, 0.2) is 11.8 Å². The molecule has 0 spiro atoms. The van der Waals surface area contributed by atoms with Crippen LogP contribution in [0.2, 0.25) is 0 Å². The Balaban J connectivity index is 2.61. The summed E-state index contributed by atoms with van der Waals surface area (Å²) in [6.45, 7) is 1.29. The van der Waals surface area contributed by atoms with Gasteiger partial charge in [-0.2, -0.15) is 0 Å². The van der Waals surface area contributed by atoms with Crippen molar-refractivity contribution in [2.45, 2.75) is 6.42 Å². The molecule has 1 N–H and O–H groups in total. The highest BCUT2D eigenvalue weighted by Crippen LogP contribution is 2.08. The van der Waals surface area contributed by atoms with Crippen molar-refractivity contribution in [3.63, 3.8) is 0 Å². The van der Waals surface area contributed by atoms with E-state index in [9.17, 15) is 0 Å². The first-order valence-electron chi connectivity index (χ1n) is 3.73. The van der Waals surface area contributed by atoms with Crippen molar-refractivity contribution < 1.29 is 4.74 Å². The number of hydrogen-bond acceptors (Lipinski definition) is 3. The lowest BCUT2D eigenvalue weighted by molar-refractivity contribution is 0.156. The summed E-state index contributed by atoms with van der Waals surface area (Å²) in [6, 6.07) is 0. The van der Waals surface area contributed by atoms with E-state index < -0.39 is 0 Å². The molecule has 11 heavy (non-hydrogen) atoms. The van der Waals surface area contributed by atoms with Crippen LogP contribution in [0.25, 0.3) is 0 Å². The number of ether oxygens (including phenoxy) is 1. The van der Waals surface area contributed by atoms with Gasteiger partial charge < -0.3 is 15.0 Å². The molecule has 1 aliphatic rings. The quantitative estimate of drug-likeness (QED) is 0.608. The third-order valence-corrected chi connectivity index (χ3v) is 1.56. The summed E-state index contributed by atoms with van der Waals surface area (Å²) in [5.41, 5.74) is 1.71. The maximum atomic E-state index is 7.56. The Morgan fingerprint density at radius 3 is 2.82 bits per heavy atom. The Labute approximate surface area is 67.2 Å². The van der Waals surface area contributed by atoms with Crippen LogP contribution in [-0.2, 0) is 4.74 Å². The predicted octanol–water partition coefficient (Wildman–Crippen LogP) is 0.872. The fourth-order valence-corrected chi connectivity index (χ4v) is 1.03. The zero-order valence-electron chi connectivity index (χ0n) is 7.05. The average Bonchev–Trinajstić information content (AvgIpc) is 1.93. The van der Waals surface area contributed by atoms with Crippen LogP contribution in [-0.4, -0.2) is 37.9 Å². The van der Waals surface area contributed by atoms with Gasteiger partial charge in [-0.05, 0) is 0 Å². The minimum Gasteiger partial charge on any atom is -0.383 e. The zero-order chi connectivity index (χ0) is 8.27. The second kappa shape index (κ2) is 3.53. The largest absolute Gasteiger partial charge is 0.383 e. The molecule has 0 bridgehead atoms. The average molecular weight is 154 g/mol. The molecule has 62 valence electrons. The number of nitrogens with one attached hydrogen (secondary N) is 1. The van der Waals surface area contributed by atoms with Crippen LogP contribution >= 0.6 is 0 Å². The molecule has 1 aliphatic heterocycles. The summed E-state index contributed by atoms with van der Waals surface area (Å²) in [4.78, 5) is 1.94. The number of hydrogen-bond donors (Lipinski definition) is 1. The molecular formula is C8H14N2O. The van der Waals surface area contributed by atoms with Gasteiger partial charge in [0.25, 0.3) is 0 Å². The normalized spacial score (nSPS) is 22.4. The fourth-order valence-electron chi connectivity index (χ4n) is 1.03. The molecule has 1 heterocycles. The van der Waals surface area contributed by atoms with Crippen molar-refractivity contribution in [3.8, 4) is 0 Å². The highest BCUT2D eigenvalue weighted by Gasteiger charge is 2.11. The topological polar surface area (TPSA) is 36.3 Å². The highest BCUT2D eigenvalue weighted by atomic mass is 16.5. The van der Waals surface area contributed by atoms with E-state index in [1.165, 1.54) is 0 Å². The lowest BCUT2D eigenvalue weighted by Crippen LogP contribution is -2.20. The smallest absolute Gasteiger partial charge is 0.0748 e. The minimum atomic E-state index is 0.594. The first kappa shape index (κ1) is 8.27. The molecule has 0 saturated carbocycles. The summed E-state index contributed by atoms with van der Waals surface area (Å²) >= 11 is 0. The predicted molar refractivity (Wildman–Crippen MR) is 44.9 cm³/mol. The van der Waals surface area contributed by atoms with Gasteiger partial charge in [0.15, 0.2) is 0 Å². The monoisotopic (exact) mass is 154 g/mol. The molecule has 0 aliphatic carbocycles. The van der Waals surface area contributed by atoms with E-state index in [0.717, 1.165) is 12.0 Å². The second-order valence-corrected chi connectivity index (χ2v) is 2.90. The molecule has 0 unspecified atom stereocenters. The van der Waals surface area contributed by atoms with Crippen LogP contribution in [0.3, 0.4) is 0 Å². The molecule has 0 radical (unpaired) electrons. The molecule has 1 fully saturated rings. The van der Waals surface area contributed by atoms with Crippen molar-refractivity contribution in [1.82, 2.24) is 4.90 Å². The Morgan fingerprint density at radius 1 is 1.55 bits per heavy atom. The van der Waals surface area contributed by atoms with Crippen molar-refractivity contribution >= 4 is 5.71 Å². The number of rotatable bonds is 1. The Kier molecular flexibility index (Phi) is 2.65. The molecule has 0 amide bonds. The van der Waals surface area contributed by atoms with Crippen LogP contribution in [0, 0.1) is 5.41 Å². The Hall–Kier alpha value is -0.830. The fraction of sp³-hybridized carbons (Fsp3) is 0.625. The summed E-state index contributed by atoms with van der Waals surface area (Å²) in [7, 11) is 3.91. The van der Waals surface area contributed by atoms with Crippen LogP contribution in [0.1, 0.15) is 6.42 Å². The lowest BCUT2D eigenvalue weighted by Gasteiger charge is -2.17. The standard InChI is InChI=1S/C8H14N2O/c1-10(2)5-7-6-11-4-3-8(7)9/h5,9H,3-4,6H2,1-2H3/b7-5-,9-8?. The van der Waals surface area contributed by atoms with Crippen molar-refractivity contribution in [1.29, 1.82) is 5.41 Å². The van der Waals surface area contributed by atoms with Gasteiger partial charge in [-0.3, -0.25) is 0 Å². The molecular weight excluding hydrogens is 140 g/mol. The maximum Gasteiger partial charge on any atom is 0.0748 e. The number of nitrogens with zero attached hydrogens (tertiary/aromatic N) is 1. The molecule has 3 nitrogen and oxygen atoms in total. The maximum absolute atomic E-state index is 7.56. The van der Waals surface area contributed by atoms with Crippen molar-refractivity contribution in [2.75, 3.05) is 27.3 Å². The van der Waals surface area contributed by atoms with E-state index in [4.69, 9.17) is 10.1 Å². The summed E-state index contributed by atoms with van der Waals surface area (Å²) in [5.74, 6) is 0. The van der Waals surface area contributed by atoms with E-state index in [-0.39, 0.29) is 0 Å². The SMILES string of the molecule is CN(C)/C=C1/COCCC1=N. The third kappa shape index (κ3) is 2.35. The van der Waals surface area contributed by atoms with Gasteiger partial charge in [-0.15, -0.1) is 0 Å². The Bertz CT molecular complexity index is 185. The molecule has 1 rings (SSSR count). The second-order valence-electron chi connectivity index (χ2n) is 2.90. The molecule has 3 heteroatoms. The molecule has 1 saturated heterocycles. The lowest BCUT2D eigenvalue weighted by atomic mass is 10.1. The van der Waals surface area contributed by atoms with Crippen LogP contribution in [0.4, 0.5) is 0 Å². The summed E-state index contributed by atoms with van der Waals surface area (Å²) < 4.78 is 5.22.